The zero-order valence-electron chi connectivity index (χ0n) is 16.5. The molecule has 0 fully saturated rings. The Hall–Kier alpha value is -2.21. The molecule has 0 unspecified atom stereocenters. The van der Waals surface area contributed by atoms with E-state index < -0.39 is 0 Å². The summed E-state index contributed by atoms with van der Waals surface area (Å²) < 4.78 is 16.3. The van der Waals surface area contributed by atoms with Gasteiger partial charge in [0, 0.05) is 24.0 Å². The number of thiophene rings is 1. The standard InChI is InChI=1S/C21H27NO4S/c1-22(13-15-10-11-16(24-2)20(26-4)19(15)25-3)21(23)18-12-14-8-6-5-7-9-17(14)27-18/h10-12H,5-9,13H2,1-4H3. The smallest absolute Gasteiger partial charge is 0.263 e. The molecule has 1 aromatic heterocycles. The van der Waals surface area contributed by atoms with E-state index in [4.69, 9.17) is 14.2 Å². The number of carbonyl (C=O) groups is 1. The molecule has 146 valence electrons. The third kappa shape index (κ3) is 4.05. The molecule has 0 spiro atoms. The summed E-state index contributed by atoms with van der Waals surface area (Å²) in [7, 11) is 6.59. The normalized spacial score (nSPS) is 13.5. The van der Waals surface area contributed by atoms with Gasteiger partial charge in [-0.15, -0.1) is 11.3 Å². The van der Waals surface area contributed by atoms with E-state index in [-0.39, 0.29) is 5.91 Å². The molecule has 1 aromatic carbocycles. The number of methoxy groups -OCH3 is 3. The minimum absolute atomic E-state index is 0.0462. The molecular formula is C21H27NO4S. The van der Waals surface area contributed by atoms with Gasteiger partial charge in [0.05, 0.1) is 26.2 Å². The Kier molecular flexibility index (Phi) is 6.26. The van der Waals surface area contributed by atoms with Gasteiger partial charge in [-0.25, -0.2) is 0 Å². The number of carbonyl (C=O) groups excluding carboxylic acids is 1. The number of rotatable bonds is 6. The zero-order valence-corrected chi connectivity index (χ0v) is 17.3. The van der Waals surface area contributed by atoms with Gasteiger partial charge in [0.2, 0.25) is 5.75 Å². The minimum atomic E-state index is 0.0462. The largest absolute Gasteiger partial charge is 0.493 e. The van der Waals surface area contributed by atoms with Crippen LogP contribution in [-0.2, 0) is 19.4 Å². The van der Waals surface area contributed by atoms with Crippen LogP contribution in [0.4, 0.5) is 0 Å². The Morgan fingerprint density at radius 1 is 1.04 bits per heavy atom. The maximum Gasteiger partial charge on any atom is 0.263 e. The van der Waals surface area contributed by atoms with E-state index in [9.17, 15) is 4.79 Å². The molecule has 6 heteroatoms. The summed E-state index contributed by atoms with van der Waals surface area (Å²) in [6, 6.07) is 5.84. The number of fused-ring (bicyclic) bond motifs is 1. The van der Waals surface area contributed by atoms with Crippen molar-refractivity contribution in [3.8, 4) is 17.2 Å². The summed E-state index contributed by atoms with van der Waals surface area (Å²) in [5, 5.41) is 0. The Morgan fingerprint density at radius 3 is 2.48 bits per heavy atom. The lowest BCUT2D eigenvalue weighted by molar-refractivity contribution is 0.0788. The predicted molar refractivity (Wildman–Crippen MR) is 107 cm³/mol. The molecule has 1 aliphatic carbocycles. The molecule has 0 N–H and O–H groups in total. The SMILES string of the molecule is COc1ccc(CN(C)C(=O)c2cc3c(s2)CCCCC3)c(OC)c1OC. The highest BCUT2D eigenvalue weighted by atomic mass is 32.1. The molecule has 0 saturated heterocycles. The number of hydrogen-bond donors (Lipinski definition) is 0. The van der Waals surface area contributed by atoms with Crippen LogP contribution in [0.25, 0.3) is 0 Å². The van der Waals surface area contributed by atoms with E-state index in [0.717, 1.165) is 23.3 Å². The Morgan fingerprint density at radius 2 is 1.78 bits per heavy atom. The number of nitrogens with zero attached hydrogens (tertiary/aromatic N) is 1. The van der Waals surface area contributed by atoms with Crippen molar-refractivity contribution in [1.82, 2.24) is 4.90 Å². The van der Waals surface area contributed by atoms with E-state index >= 15 is 0 Å². The second-order valence-electron chi connectivity index (χ2n) is 6.77. The topological polar surface area (TPSA) is 48.0 Å². The molecule has 5 nitrogen and oxygen atoms in total. The molecule has 3 rings (SSSR count). The Bertz CT molecular complexity index is 791. The second-order valence-corrected chi connectivity index (χ2v) is 7.91. The van der Waals surface area contributed by atoms with Gasteiger partial charge in [-0.2, -0.15) is 0 Å². The first kappa shape index (κ1) is 19.5. The number of hydrogen-bond acceptors (Lipinski definition) is 5. The van der Waals surface area contributed by atoms with E-state index in [0.29, 0.717) is 23.8 Å². The van der Waals surface area contributed by atoms with E-state index in [1.165, 1.54) is 29.7 Å². The molecule has 0 saturated carbocycles. The number of amides is 1. The third-order valence-corrected chi connectivity index (χ3v) is 6.22. The van der Waals surface area contributed by atoms with E-state index in [2.05, 4.69) is 6.07 Å². The summed E-state index contributed by atoms with van der Waals surface area (Å²) in [4.78, 5) is 16.9. The molecule has 1 amide bonds. The average Bonchev–Trinajstić information content (AvgIpc) is 2.97. The summed E-state index contributed by atoms with van der Waals surface area (Å²) in [6.45, 7) is 0.435. The van der Waals surface area contributed by atoms with Crippen molar-refractivity contribution in [1.29, 1.82) is 0 Å². The van der Waals surface area contributed by atoms with Gasteiger partial charge in [-0.05, 0) is 49.4 Å². The summed E-state index contributed by atoms with van der Waals surface area (Å²) in [5.41, 5.74) is 2.24. The van der Waals surface area contributed by atoms with Gasteiger partial charge in [-0.3, -0.25) is 4.79 Å². The van der Waals surface area contributed by atoms with Gasteiger partial charge in [0.25, 0.3) is 5.91 Å². The number of ether oxygens (including phenoxy) is 3. The van der Waals surface area contributed by atoms with Crippen LogP contribution in [0.3, 0.4) is 0 Å². The van der Waals surface area contributed by atoms with Crippen LogP contribution >= 0.6 is 11.3 Å². The lowest BCUT2D eigenvalue weighted by Gasteiger charge is -2.20. The maximum absolute atomic E-state index is 13.0. The van der Waals surface area contributed by atoms with E-state index in [1.807, 2.05) is 19.2 Å². The fourth-order valence-corrected chi connectivity index (χ4v) is 4.82. The van der Waals surface area contributed by atoms with Gasteiger partial charge in [0.1, 0.15) is 0 Å². The lowest BCUT2D eigenvalue weighted by atomic mass is 10.1. The van der Waals surface area contributed by atoms with Crippen LogP contribution in [-0.4, -0.2) is 39.2 Å². The quantitative estimate of drug-likeness (QED) is 0.691. The first-order chi connectivity index (χ1) is 13.1. The summed E-state index contributed by atoms with van der Waals surface area (Å²) in [5.74, 6) is 1.79. The van der Waals surface area contributed by atoms with Crippen LogP contribution in [0.2, 0.25) is 0 Å². The molecule has 0 atom stereocenters. The maximum atomic E-state index is 13.0. The molecule has 1 heterocycles. The molecule has 0 bridgehead atoms. The molecule has 0 radical (unpaired) electrons. The molecule has 27 heavy (non-hydrogen) atoms. The van der Waals surface area contributed by atoms with Crippen LogP contribution in [0.15, 0.2) is 18.2 Å². The summed E-state index contributed by atoms with van der Waals surface area (Å²) in [6.07, 6.45) is 5.91. The van der Waals surface area contributed by atoms with Gasteiger partial charge < -0.3 is 19.1 Å². The Balaban J connectivity index is 1.81. The highest BCUT2D eigenvalue weighted by Crippen LogP contribution is 2.40. The van der Waals surface area contributed by atoms with Crippen molar-refractivity contribution in [3.63, 3.8) is 0 Å². The van der Waals surface area contributed by atoms with Crippen molar-refractivity contribution < 1.29 is 19.0 Å². The van der Waals surface area contributed by atoms with Crippen LogP contribution in [0.1, 0.15) is 44.9 Å². The first-order valence-electron chi connectivity index (χ1n) is 9.24. The average molecular weight is 390 g/mol. The van der Waals surface area contributed by atoms with Gasteiger partial charge in [0.15, 0.2) is 11.5 Å². The molecular weight excluding hydrogens is 362 g/mol. The van der Waals surface area contributed by atoms with Crippen LogP contribution < -0.4 is 14.2 Å². The molecule has 1 aliphatic rings. The fourth-order valence-electron chi connectivity index (χ4n) is 3.58. The van der Waals surface area contributed by atoms with Crippen molar-refractivity contribution in [2.75, 3.05) is 28.4 Å². The number of benzene rings is 1. The zero-order chi connectivity index (χ0) is 19.4. The van der Waals surface area contributed by atoms with Crippen molar-refractivity contribution in [2.45, 2.75) is 38.6 Å². The highest BCUT2D eigenvalue weighted by molar-refractivity contribution is 7.14. The minimum Gasteiger partial charge on any atom is -0.493 e. The van der Waals surface area contributed by atoms with Crippen molar-refractivity contribution in [2.24, 2.45) is 0 Å². The fraction of sp³-hybridized carbons (Fsp3) is 0.476. The first-order valence-corrected chi connectivity index (χ1v) is 10.1. The van der Waals surface area contributed by atoms with Crippen molar-refractivity contribution in [3.05, 3.63) is 39.1 Å². The summed E-state index contributed by atoms with van der Waals surface area (Å²) >= 11 is 1.65. The molecule has 2 aromatic rings. The Labute approximate surface area is 164 Å². The van der Waals surface area contributed by atoms with Gasteiger partial charge in [-0.1, -0.05) is 6.42 Å². The second kappa shape index (κ2) is 8.65. The monoisotopic (exact) mass is 389 g/mol. The highest BCUT2D eigenvalue weighted by Gasteiger charge is 2.22. The van der Waals surface area contributed by atoms with Crippen molar-refractivity contribution >= 4 is 17.2 Å². The van der Waals surface area contributed by atoms with Gasteiger partial charge >= 0.3 is 0 Å². The third-order valence-electron chi connectivity index (χ3n) is 5.00. The predicted octanol–water partition coefficient (Wildman–Crippen LogP) is 4.32. The molecule has 0 aliphatic heterocycles. The van der Waals surface area contributed by atoms with E-state index in [1.54, 1.807) is 37.6 Å². The lowest BCUT2D eigenvalue weighted by Crippen LogP contribution is -2.25. The van der Waals surface area contributed by atoms with Crippen LogP contribution in [0, 0.1) is 0 Å². The van der Waals surface area contributed by atoms with Crippen LogP contribution in [0.5, 0.6) is 17.2 Å². The number of aryl methyl sites for hydroxylation is 2.